The molecule has 3 atom stereocenters. The van der Waals surface area contributed by atoms with Gasteiger partial charge in [-0.05, 0) is 69.6 Å². The molecule has 0 amide bonds. The largest absolute Gasteiger partial charge is 0.490 e. The van der Waals surface area contributed by atoms with Crippen molar-refractivity contribution in [3.8, 4) is 11.5 Å². The van der Waals surface area contributed by atoms with E-state index >= 15 is 0 Å². The first-order valence-electron chi connectivity index (χ1n) is 8.85. The third kappa shape index (κ3) is 2.74. The molecule has 126 valence electrons. The maximum atomic E-state index is 11.4. The van der Waals surface area contributed by atoms with Gasteiger partial charge in [0.15, 0.2) is 6.29 Å². The van der Waals surface area contributed by atoms with Crippen molar-refractivity contribution in [3.05, 3.63) is 30.0 Å². The summed E-state index contributed by atoms with van der Waals surface area (Å²) in [5.41, 5.74) is 1.30. The summed E-state index contributed by atoms with van der Waals surface area (Å²) in [6.45, 7) is 3.91. The van der Waals surface area contributed by atoms with Gasteiger partial charge < -0.3 is 9.47 Å². The Labute approximate surface area is 142 Å². The van der Waals surface area contributed by atoms with Gasteiger partial charge in [-0.3, -0.25) is 9.78 Å². The van der Waals surface area contributed by atoms with Crippen LogP contribution in [-0.4, -0.2) is 23.5 Å². The molecule has 0 radical (unpaired) electrons. The summed E-state index contributed by atoms with van der Waals surface area (Å²) in [5.74, 6) is 2.98. The number of nitrogens with zero attached hydrogens (tertiary/aromatic N) is 1. The number of carbonyl (C=O) groups excluding carboxylic acids is 1. The zero-order valence-corrected chi connectivity index (χ0v) is 14.2. The Morgan fingerprint density at radius 3 is 2.75 bits per heavy atom. The predicted octanol–water partition coefficient (Wildman–Crippen LogP) is 4.40. The van der Waals surface area contributed by atoms with Crippen LogP contribution in [0.2, 0.25) is 0 Å². The van der Waals surface area contributed by atoms with Gasteiger partial charge in [-0.1, -0.05) is 0 Å². The zero-order valence-electron chi connectivity index (χ0n) is 14.2. The Hall–Kier alpha value is -2.10. The number of aldehydes is 1. The molecule has 2 aliphatic rings. The molecule has 24 heavy (non-hydrogen) atoms. The van der Waals surface area contributed by atoms with E-state index in [-0.39, 0.29) is 6.10 Å². The van der Waals surface area contributed by atoms with Crippen LogP contribution in [0.3, 0.4) is 0 Å². The number of ether oxygens (including phenoxy) is 2. The van der Waals surface area contributed by atoms with E-state index in [1.54, 1.807) is 12.3 Å². The van der Waals surface area contributed by atoms with Crippen molar-refractivity contribution >= 4 is 17.2 Å². The molecular formula is C20H23NO3. The molecule has 4 heteroatoms. The summed E-state index contributed by atoms with van der Waals surface area (Å²) in [6.07, 6.45) is 8.01. The van der Waals surface area contributed by atoms with Crippen molar-refractivity contribution in [2.24, 2.45) is 11.8 Å². The lowest BCUT2D eigenvalue weighted by Gasteiger charge is -2.24. The van der Waals surface area contributed by atoms with E-state index in [0.717, 1.165) is 35.3 Å². The topological polar surface area (TPSA) is 48.4 Å². The highest BCUT2D eigenvalue weighted by atomic mass is 16.5. The lowest BCUT2D eigenvalue weighted by Crippen LogP contribution is -2.23. The second-order valence-corrected chi connectivity index (χ2v) is 7.33. The Bertz CT molecular complexity index is 771. The summed E-state index contributed by atoms with van der Waals surface area (Å²) in [6, 6.07) is 5.61. The van der Waals surface area contributed by atoms with Gasteiger partial charge in [0.2, 0.25) is 0 Å². The molecule has 1 aromatic carbocycles. The zero-order chi connectivity index (χ0) is 16.7. The second kappa shape index (κ2) is 6.08. The van der Waals surface area contributed by atoms with Crippen LogP contribution in [0.1, 0.15) is 49.9 Å². The lowest BCUT2D eigenvalue weighted by atomic mass is 9.97. The van der Waals surface area contributed by atoms with E-state index in [1.165, 1.54) is 19.3 Å². The molecule has 3 unspecified atom stereocenters. The summed E-state index contributed by atoms with van der Waals surface area (Å²) in [7, 11) is 0. The third-order valence-corrected chi connectivity index (χ3v) is 5.27. The van der Waals surface area contributed by atoms with Crippen LogP contribution in [0, 0.1) is 11.8 Å². The van der Waals surface area contributed by atoms with Crippen molar-refractivity contribution in [3.63, 3.8) is 0 Å². The highest BCUT2D eigenvalue weighted by Gasteiger charge is 2.41. The van der Waals surface area contributed by atoms with Crippen LogP contribution in [0.15, 0.2) is 24.4 Å². The van der Waals surface area contributed by atoms with E-state index in [4.69, 9.17) is 9.47 Å². The Morgan fingerprint density at radius 2 is 2.08 bits per heavy atom. The van der Waals surface area contributed by atoms with Gasteiger partial charge in [0.05, 0.1) is 17.2 Å². The molecule has 4 rings (SSSR count). The van der Waals surface area contributed by atoms with Crippen LogP contribution in [-0.2, 0) is 0 Å². The SMILES string of the molecule is CC(C)Oc1cc2c(OC3CC4CCC3C4)ccnc2cc1C=O. The minimum atomic E-state index is 0.00718. The van der Waals surface area contributed by atoms with Crippen molar-refractivity contribution in [2.45, 2.75) is 51.7 Å². The van der Waals surface area contributed by atoms with Crippen LogP contribution in [0.4, 0.5) is 0 Å². The molecule has 2 saturated carbocycles. The van der Waals surface area contributed by atoms with Crippen LogP contribution >= 0.6 is 0 Å². The lowest BCUT2D eigenvalue weighted by molar-refractivity contribution is 0.111. The van der Waals surface area contributed by atoms with Crippen molar-refractivity contribution in [1.29, 1.82) is 0 Å². The molecule has 1 heterocycles. The van der Waals surface area contributed by atoms with Gasteiger partial charge in [-0.15, -0.1) is 0 Å². The van der Waals surface area contributed by atoms with Crippen LogP contribution in [0.25, 0.3) is 10.9 Å². The summed E-state index contributed by atoms with van der Waals surface area (Å²) in [5, 5.41) is 0.918. The van der Waals surface area contributed by atoms with E-state index < -0.39 is 0 Å². The Kier molecular flexibility index (Phi) is 3.91. The minimum Gasteiger partial charge on any atom is -0.490 e. The monoisotopic (exact) mass is 325 g/mol. The number of carbonyl (C=O) groups is 1. The first-order valence-corrected chi connectivity index (χ1v) is 8.85. The van der Waals surface area contributed by atoms with Gasteiger partial charge in [0, 0.05) is 11.6 Å². The van der Waals surface area contributed by atoms with Crippen LogP contribution in [0.5, 0.6) is 11.5 Å². The maximum absolute atomic E-state index is 11.4. The van der Waals surface area contributed by atoms with Gasteiger partial charge in [-0.2, -0.15) is 0 Å². The summed E-state index contributed by atoms with van der Waals surface area (Å²) in [4.78, 5) is 15.8. The molecule has 0 spiro atoms. The Morgan fingerprint density at radius 1 is 1.21 bits per heavy atom. The quantitative estimate of drug-likeness (QED) is 0.764. The molecule has 2 aliphatic carbocycles. The van der Waals surface area contributed by atoms with Crippen molar-refractivity contribution < 1.29 is 14.3 Å². The third-order valence-electron chi connectivity index (χ3n) is 5.27. The number of aromatic nitrogens is 1. The normalized spacial score (nSPS) is 25.4. The average Bonchev–Trinajstić information content (AvgIpc) is 3.17. The first kappa shape index (κ1) is 15.4. The fourth-order valence-corrected chi connectivity index (χ4v) is 4.21. The van der Waals surface area contributed by atoms with E-state index in [9.17, 15) is 4.79 Å². The van der Waals surface area contributed by atoms with Crippen LogP contribution < -0.4 is 9.47 Å². The van der Waals surface area contributed by atoms with E-state index in [2.05, 4.69) is 4.98 Å². The summed E-state index contributed by atoms with van der Waals surface area (Å²) >= 11 is 0. The second-order valence-electron chi connectivity index (χ2n) is 7.33. The molecule has 0 N–H and O–H groups in total. The highest BCUT2D eigenvalue weighted by Crippen LogP contribution is 2.46. The predicted molar refractivity (Wildman–Crippen MR) is 92.8 cm³/mol. The smallest absolute Gasteiger partial charge is 0.153 e. The molecule has 2 fully saturated rings. The molecule has 2 aromatic rings. The molecular weight excluding hydrogens is 302 g/mol. The van der Waals surface area contributed by atoms with E-state index in [0.29, 0.717) is 23.3 Å². The van der Waals surface area contributed by atoms with Gasteiger partial charge in [-0.25, -0.2) is 0 Å². The average molecular weight is 325 g/mol. The number of benzene rings is 1. The molecule has 4 nitrogen and oxygen atoms in total. The number of pyridine rings is 1. The van der Waals surface area contributed by atoms with E-state index in [1.807, 2.05) is 26.0 Å². The standard InChI is InChI=1S/C20H23NO3/c1-12(2)23-20-10-16-17(9-15(20)11-22)21-6-5-18(16)24-19-8-13-3-4-14(19)7-13/h5-6,9-14,19H,3-4,7-8H2,1-2H3. The fraction of sp³-hybridized carbons (Fsp3) is 0.500. The number of fused-ring (bicyclic) bond motifs is 3. The van der Waals surface area contributed by atoms with Gasteiger partial charge in [0.25, 0.3) is 0 Å². The Balaban J connectivity index is 1.71. The van der Waals surface area contributed by atoms with Gasteiger partial charge in [0.1, 0.15) is 17.6 Å². The van der Waals surface area contributed by atoms with Crippen molar-refractivity contribution in [2.75, 3.05) is 0 Å². The first-order chi connectivity index (χ1) is 11.6. The summed E-state index contributed by atoms with van der Waals surface area (Å²) < 4.78 is 12.2. The molecule has 0 aliphatic heterocycles. The maximum Gasteiger partial charge on any atom is 0.153 e. The molecule has 2 bridgehead atoms. The number of hydrogen-bond donors (Lipinski definition) is 0. The fourth-order valence-electron chi connectivity index (χ4n) is 4.21. The highest BCUT2D eigenvalue weighted by molar-refractivity contribution is 5.93. The minimum absolute atomic E-state index is 0.00718. The number of hydrogen-bond acceptors (Lipinski definition) is 4. The van der Waals surface area contributed by atoms with Gasteiger partial charge >= 0.3 is 0 Å². The molecule has 0 saturated heterocycles. The molecule has 1 aromatic heterocycles. The van der Waals surface area contributed by atoms with Crippen molar-refractivity contribution in [1.82, 2.24) is 4.98 Å². The number of rotatable bonds is 5.